The van der Waals surface area contributed by atoms with Crippen LogP contribution in [0, 0.1) is 6.92 Å². The van der Waals surface area contributed by atoms with Gasteiger partial charge in [0.05, 0.1) is 5.39 Å². The minimum atomic E-state index is -0.344. The van der Waals surface area contributed by atoms with Crippen LogP contribution in [0.5, 0.6) is 0 Å². The lowest BCUT2D eigenvalue weighted by atomic mass is 10.1. The first-order chi connectivity index (χ1) is 15.0. The number of amides is 2. The van der Waals surface area contributed by atoms with Gasteiger partial charge >= 0.3 is 0 Å². The highest BCUT2D eigenvalue weighted by Gasteiger charge is 2.24. The number of nitrogens with one attached hydrogen (secondary N) is 1. The zero-order valence-electron chi connectivity index (χ0n) is 17.6. The fraction of sp³-hybridized carbons (Fsp3) is 0.304. The average molecular weight is 437 g/mol. The highest BCUT2D eigenvalue weighted by Crippen LogP contribution is 2.19. The molecule has 1 fully saturated rings. The third kappa shape index (κ3) is 4.49. The summed E-state index contributed by atoms with van der Waals surface area (Å²) in [4.78, 5) is 46.0. The predicted molar refractivity (Wildman–Crippen MR) is 123 cm³/mol. The Labute approximate surface area is 184 Å². The molecule has 0 bridgehead atoms. The summed E-state index contributed by atoms with van der Waals surface area (Å²) in [5.74, 6) is -0.544. The van der Waals surface area contributed by atoms with E-state index in [0.717, 1.165) is 23.4 Å². The van der Waals surface area contributed by atoms with Gasteiger partial charge in [-0.05, 0) is 56.4 Å². The second-order valence-corrected chi connectivity index (χ2v) is 8.48. The molecule has 1 saturated heterocycles. The molecule has 8 heteroatoms. The van der Waals surface area contributed by atoms with Crippen LogP contribution in [-0.2, 0) is 11.3 Å². The number of benzene rings is 1. The first-order valence-corrected chi connectivity index (χ1v) is 11.4. The fourth-order valence-corrected chi connectivity index (χ4v) is 4.24. The SMILES string of the molecule is CSc1cccc(NC(=O)Cn2cc(C(=O)N3CCCC3)c(=O)c3ccc(C)nc32)c1. The molecule has 0 aliphatic carbocycles. The molecule has 3 heterocycles. The van der Waals surface area contributed by atoms with Gasteiger partial charge in [0.25, 0.3) is 5.91 Å². The number of pyridine rings is 2. The molecule has 1 aromatic carbocycles. The van der Waals surface area contributed by atoms with Crippen LogP contribution in [0.1, 0.15) is 28.9 Å². The van der Waals surface area contributed by atoms with E-state index in [9.17, 15) is 14.4 Å². The number of carbonyl (C=O) groups excluding carboxylic acids is 2. The summed E-state index contributed by atoms with van der Waals surface area (Å²) in [5, 5.41) is 3.23. The molecule has 160 valence electrons. The van der Waals surface area contributed by atoms with Crippen molar-refractivity contribution in [1.29, 1.82) is 0 Å². The summed E-state index contributed by atoms with van der Waals surface area (Å²) in [5.41, 5.74) is 1.56. The lowest BCUT2D eigenvalue weighted by Crippen LogP contribution is -2.33. The van der Waals surface area contributed by atoms with Crippen molar-refractivity contribution in [2.24, 2.45) is 0 Å². The molecule has 0 spiro atoms. The Hall–Kier alpha value is -3.13. The molecule has 4 rings (SSSR count). The number of carbonyl (C=O) groups is 2. The van der Waals surface area contributed by atoms with Crippen LogP contribution in [-0.4, -0.2) is 45.6 Å². The molecular weight excluding hydrogens is 412 g/mol. The number of fused-ring (bicyclic) bond motifs is 1. The minimum absolute atomic E-state index is 0.0585. The largest absolute Gasteiger partial charge is 0.338 e. The molecule has 31 heavy (non-hydrogen) atoms. The van der Waals surface area contributed by atoms with Crippen LogP contribution < -0.4 is 10.7 Å². The first-order valence-electron chi connectivity index (χ1n) is 10.2. The zero-order valence-corrected chi connectivity index (χ0v) is 18.4. The Kier molecular flexibility index (Phi) is 6.08. The quantitative estimate of drug-likeness (QED) is 0.621. The second kappa shape index (κ2) is 8.93. The van der Waals surface area contributed by atoms with Crippen LogP contribution in [0.3, 0.4) is 0 Å². The monoisotopic (exact) mass is 436 g/mol. The molecular formula is C23H24N4O3S. The number of likely N-dealkylation sites (tertiary alicyclic amines) is 1. The molecule has 1 aliphatic heterocycles. The highest BCUT2D eigenvalue weighted by atomic mass is 32.2. The fourth-order valence-electron chi connectivity index (χ4n) is 3.78. The number of rotatable bonds is 5. The summed E-state index contributed by atoms with van der Waals surface area (Å²) in [6.07, 6.45) is 5.33. The maximum Gasteiger partial charge on any atom is 0.259 e. The van der Waals surface area contributed by atoms with Crippen LogP contribution in [0.15, 0.2) is 52.3 Å². The molecule has 1 aliphatic rings. The maximum absolute atomic E-state index is 13.0. The predicted octanol–water partition coefficient (Wildman–Crippen LogP) is 3.30. The van der Waals surface area contributed by atoms with Crippen molar-refractivity contribution < 1.29 is 9.59 Å². The highest BCUT2D eigenvalue weighted by molar-refractivity contribution is 7.98. The van der Waals surface area contributed by atoms with Crippen LogP contribution in [0.4, 0.5) is 5.69 Å². The summed E-state index contributed by atoms with van der Waals surface area (Å²) < 4.78 is 1.60. The molecule has 0 radical (unpaired) electrons. The van der Waals surface area contributed by atoms with Crippen molar-refractivity contribution in [1.82, 2.24) is 14.5 Å². The Balaban J connectivity index is 1.70. The standard InChI is InChI=1S/C23H24N4O3S/c1-15-8-9-18-21(29)19(23(30)26-10-3-4-11-26)13-27(22(18)24-15)14-20(28)25-16-6-5-7-17(12-16)31-2/h5-9,12-13H,3-4,10-11,14H2,1-2H3,(H,25,28). The van der Waals surface area contributed by atoms with Crippen LogP contribution in [0.2, 0.25) is 0 Å². The van der Waals surface area contributed by atoms with Crippen molar-refractivity contribution in [3.05, 3.63) is 64.1 Å². The summed E-state index contributed by atoms with van der Waals surface area (Å²) >= 11 is 1.59. The smallest absolute Gasteiger partial charge is 0.259 e. The lowest BCUT2D eigenvalue weighted by Gasteiger charge is -2.17. The number of thioether (sulfide) groups is 1. The van der Waals surface area contributed by atoms with Gasteiger partial charge in [-0.2, -0.15) is 0 Å². The van der Waals surface area contributed by atoms with E-state index in [0.29, 0.717) is 29.8 Å². The Bertz CT molecular complexity index is 1220. The van der Waals surface area contributed by atoms with E-state index in [1.165, 1.54) is 6.20 Å². The normalized spacial score (nSPS) is 13.5. The van der Waals surface area contributed by atoms with Gasteiger partial charge in [-0.15, -0.1) is 11.8 Å². The molecule has 1 N–H and O–H groups in total. The number of aromatic nitrogens is 2. The summed E-state index contributed by atoms with van der Waals surface area (Å²) in [6, 6.07) is 11.0. The van der Waals surface area contributed by atoms with E-state index in [1.54, 1.807) is 33.4 Å². The molecule has 0 unspecified atom stereocenters. The van der Waals surface area contributed by atoms with E-state index in [-0.39, 0.29) is 29.4 Å². The molecule has 0 atom stereocenters. The number of anilines is 1. The van der Waals surface area contributed by atoms with Gasteiger partial charge in [-0.3, -0.25) is 14.4 Å². The van der Waals surface area contributed by atoms with Crippen molar-refractivity contribution in [2.75, 3.05) is 24.7 Å². The third-order valence-electron chi connectivity index (χ3n) is 5.35. The van der Waals surface area contributed by atoms with Gasteiger partial charge in [0.15, 0.2) is 0 Å². The van der Waals surface area contributed by atoms with E-state index in [4.69, 9.17) is 0 Å². The summed E-state index contributed by atoms with van der Waals surface area (Å²) in [7, 11) is 0. The van der Waals surface area contributed by atoms with Crippen molar-refractivity contribution in [3.8, 4) is 0 Å². The van der Waals surface area contributed by atoms with Crippen molar-refractivity contribution >= 4 is 40.3 Å². The molecule has 0 saturated carbocycles. The van der Waals surface area contributed by atoms with Gasteiger partial charge in [0, 0.05) is 35.6 Å². The first kappa shape index (κ1) is 21.1. The van der Waals surface area contributed by atoms with E-state index in [2.05, 4.69) is 10.3 Å². The minimum Gasteiger partial charge on any atom is -0.338 e. The molecule has 2 amide bonds. The van der Waals surface area contributed by atoms with Gasteiger partial charge in [-0.1, -0.05) is 6.07 Å². The van der Waals surface area contributed by atoms with Crippen molar-refractivity contribution in [3.63, 3.8) is 0 Å². The number of hydrogen-bond acceptors (Lipinski definition) is 5. The van der Waals surface area contributed by atoms with E-state index < -0.39 is 0 Å². The zero-order chi connectivity index (χ0) is 22.0. The topological polar surface area (TPSA) is 84.3 Å². The van der Waals surface area contributed by atoms with E-state index >= 15 is 0 Å². The van der Waals surface area contributed by atoms with Gasteiger partial charge in [0.2, 0.25) is 11.3 Å². The Morgan fingerprint density at radius 3 is 2.68 bits per heavy atom. The molecule has 2 aromatic heterocycles. The average Bonchev–Trinajstić information content (AvgIpc) is 3.30. The number of aryl methyl sites for hydroxylation is 1. The number of hydrogen-bond donors (Lipinski definition) is 1. The van der Waals surface area contributed by atoms with E-state index in [1.807, 2.05) is 37.4 Å². The van der Waals surface area contributed by atoms with Gasteiger partial charge in [0.1, 0.15) is 17.8 Å². The van der Waals surface area contributed by atoms with Gasteiger partial charge in [-0.25, -0.2) is 4.98 Å². The second-order valence-electron chi connectivity index (χ2n) is 7.60. The summed E-state index contributed by atoms with van der Waals surface area (Å²) in [6.45, 7) is 3.06. The molecule has 7 nitrogen and oxygen atoms in total. The lowest BCUT2D eigenvalue weighted by molar-refractivity contribution is -0.116. The third-order valence-corrected chi connectivity index (χ3v) is 6.08. The maximum atomic E-state index is 13.0. The Morgan fingerprint density at radius 2 is 1.94 bits per heavy atom. The molecule has 3 aromatic rings. The van der Waals surface area contributed by atoms with Gasteiger partial charge < -0.3 is 14.8 Å². The number of nitrogens with zero attached hydrogens (tertiary/aromatic N) is 3. The van der Waals surface area contributed by atoms with Crippen LogP contribution >= 0.6 is 11.8 Å². The van der Waals surface area contributed by atoms with Crippen LogP contribution in [0.25, 0.3) is 11.0 Å². The Morgan fingerprint density at radius 1 is 1.16 bits per heavy atom. The van der Waals surface area contributed by atoms with Crippen molar-refractivity contribution in [2.45, 2.75) is 31.2 Å².